The van der Waals surface area contributed by atoms with Crippen LogP contribution in [-0.2, 0) is 16.1 Å². The van der Waals surface area contributed by atoms with Crippen LogP contribution in [0.3, 0.4) is 0 Å². The topological polar surface area (TPSA) is 82.9 Å². The summed E-state index contributed by atoms with van der Waals surface area (Å²) in [6, 6.07) is 4.34. The van der Waals surface area contributed by atoms with Gasteiger partial charge < -0.3 is 5.11 Å². The smallest absolute Gasteiger partial charge is 0.309 e. The van der Waals surface area contributed by atoms with E-state index in [1.54, 1.807) is 13.0 Å². The van der Waals surface area contributed by atoms with Crippen LogP contribution in [0.15, 0.2) is 35.5 Å². The summed E-state index contributed by atoms with van der Waals surface area (Å²) in [5.74, 6) is -1.20. The second kappa shape index (κ2) is 7.40. The van der Waals surface area contributed by atoms with Crippen LogP contribution in [0.25, 0.3) is 10.2 Å². The van der Waals surface area contributed by atoms with Crippen molar-refractivity contribution in [2.45, 2.75) is 19.9 Å². The van der Waals surface area contributed by atoms with Crippen molar-refractivity contribution in [1.29, 1.82) is 0 Å². The van der Waals surface area contributed by atoms with Gasteiger partial charge in [0.25, 0.3) is 5.91 Å². The first-order chi connectivity index (χ1) is 12.7. The van der Waals surface area contributed by atoms with Gasteiger partial charge in [0.15, 0.2) is 0 Å². The number of rotatable bonds is 6. The molecule has 0 bridgehead atoms. The zero-order chi connectivity index (χ0) is 19.8. The van der Waals surface area contributed by atoms with Gasteiger partial charge in [-0.3, -0.25) is 9.59 Å². The minimum Gasteiger partial charge on any atom is -0.481 e. The zero-order valence-electron chi connectivity index (χ0n) is 14.9. The second-order valence-corrected chi connectivity index (χ2v) is 8.42. The van der Waals surface area contributed by atoms with Crippen molar-refractivity contribution >= 4 is 50.9 Å². The van der Waals surface area contributed by atoms with Gasteiger partial charge in [-0.15, -0.1) is 11.3 Å². The maximum absolute atomic E-state index is 13.4. The number of halogens is 1. The number of thioether (sulfide) groups is 1. The van der Waals surface area contributed by atoms with Crippen LogP contribution in [0.5, 0.6) is 0 Å². The molecule has 1 aromatic carbocycles. The van der Waals surface area contributed by atoms with Gasteiger partial charge in [0.1, 0.15) is 10.8 Å². The molecule has 1 amide bonds. The Morgan fingerprint density at radius 2 is 2.22 bits per heavy atom. The molecule has 0 saturated heterocycles. The third kappa shape index (κ3) is 3.74. The maximum Gasteiger partial charge on any atom is 0.309 e. The summed E-state index contributed by atoms with van der Waals surface area (Å²) in [5.41, 5.74) is 0.303. The van der Waals surface area contributed by atoms with Crippen LogP contribution in [-0.4, -0.2) is 44.7 Å². The third-order valence-corrected chi connectivity index (χ3v) is 6.28. The van der Waals surface area contributed by atoms with Crippen molar-refractivity contribution in [1.82, 2.24) is 9.99 Å². The first-order valence-corrected chi connectivity index (χ1v) is 10.3. The standard InChI is InChI=1S/C18H18FN3O3S2/c1-10-12(7-16(23)24)21-22(17(25)18(10,2)9-26-3)8-15-20-13-6-11(19)4-5-14(13)27-15/h4-6H,1,7-9H2,2-3H3,(H,23,24)/t18-/m0/s1. The third-order valence-electron chi connectivity index (χ3n) is 4.39. The highest BCUT2D eigenvalue weighted by molar-refractivity contribution is 7.98. The van der Waals surface area contributed by atoms with Crippen LogP contribution in [0.1, 0.15) is 18.4 Å². The number of carboxylic acid groups (broad SMARTS) is 1. The van der Waals surface area contributed by atoms with E-state index in [0.717, 1.165) is 4.70 Å². The minimum absolute atomic E-state index is 0.0974. The Hall–Kier alpha value is -2.26. The average molecular weight is 407 g/mol. The number of fused-ring (bicyclic) bond motifs is 1. The van der Waals surface area contributed by atoms with Gasteiger partial charge in [0.05, 0.1) is 34.3 Å². The molecule has 6 nitrogen and oxygen atoms in total. The first kappa shape index (κ1) is 19.5. The number of thiazole rings is 1. The van der Waals surface area contributed by atoms with Gasteiger partial charge in [-0.05, 0) is 30.9 Å². The number of hydrogen-bond donors (Lipinski definition) is 1. The molecule has 9 heteroatoms. The lowest BCUT2D eigenvalue weighted by atomic mass is 9.79. The molecule has 0 fully saturated rings. The van der Waals surface area contributed by atoms with E-state index in [1.165, 1.54) is 40.2 Å². The molecule has 0 spiro atoms. The Morgan fingerprint density at radius 1 is 1.48 bits per heavy atom. The highest BCUT2D eigenvalue weighted by Crippen LogP contribution is 2.38. The summed E-state index contributed by atoms with van der Waals surface area (Å²) in [6.07, 6.45) is 1.57. The van der Waals surface area contributed by atoms with Crippen molar-refractivity contribution in [2.24, 2.45) is 10.5 Å². The molecule has 2 aromatic rings. The number of nitrogens with zero attached hydrogens (tertiary/aromatic N) is 3. The lowest BCUT2D eigenvalue weighted by Crippen LogP contribution is -2.48. The molecule has 1 atom stereocenters. The summed E-state index contributed by atoms with van der Waals surface area (Å²) in [4.78, 5) is 28.6. The maximum atomic E-state index is 13.4. The molecular formula is C18H18FN3O3S2. The molecule has 2 heterocycles. The van der Waals surface area contributed by atoms with E-state index in [0.29, 0.717) is 21.9 Å². The fourth-order valence-electron chi connectivity index (χ4n) is 2.96. The molecular weight excluding hydrogens is 389 g/mol. The van der Waals surface area contributed by atoms with E-state index in [-0.39, 0.29) is 30.4 Å². The highest BCUT2D eigenvalue weighted by atomic mass is 32.2. The predicted molar refractivity (Wildman–Crippen MR) is 105 cm³/mol. The van der Waals surface area contributed by atoms with Gasteiger partial charge in [-0.25, -0.2) is 14.4 Å². The van der Waals surface area contributed by atoms with Crippen LogP contribution in [0, 0.1) is 11.2 Å². The minimum atomic E-state index is -1.04. The Labute approximate surface area is 163 Å². The molecule has 0 radical (unpaired) electrons. The normalized spacial score (nSPS) is 20.3. The van der Waals surface area contributed by atoms with E-state index in [1.807, 2.05) is 6.26 Å². The SMILES string of the molecule is C=C1C(CC(=O)O)=NN(Cc2nc3cc(F)ccc3s2)C(=O)[C@@]1(C)CSC. The van der Waals surface area contributed by atoms with E-state index in [9.17, 15) is 19.1 Å². The molecule has 1 aliphatic heterocycles. The molecule has 0 saturated carbocycles. The fourth-order valence-corrected chi connectivity index (χ4v) is 4.76. The Kier molecular flexibility index (Phi) is 5.34. The van der Waals surface area contributed by atoms with Gasteiger partial charge in [0.2, 0.25) is 0 Å². The van der Waals surface area contributed by atoms with Crippen LogP contribution in [0.2, 0.25) is 0 Å². The number of carboxylic acids is 1. The van der Waals surface area contributed by atoms with Gasteiger partial charge in [0, 0.05) is 11.8 Å². The van der Waals surface area contributed by atoms with E-state index < -0.39 is 11.4 Å². The predicted octanol–water partition coefficient (Wildman–Crippen LogP) is 3.53. The molecule has 27 heavy (non-hydrogen) atoms. The number of hydrazone groups is 1. The van der Waals surface area contributed by atoms with E-state index >= 15 is 0 Å². The molecule has 1 N–H and O–H groups in total. The number of aliphatic carboxylic acids is 1. The van der Waals surface area contributed by atoms with Crippen molar-refractivity contribution in [2.75, 3.05) is 12.0 Å². The molecule has 1 aromatic heterocycles. The van der Waals surface area contributed by atoms with E-state index in [2.05, 4.69) is 16.7 Å². The average Bonchev–Trinajstić information content (AvgIpc) is 2.99. The molecule has 3 rings (SSSR count). The highest BCUT2D eigenvalue weighted by Gasteiger charge is 2.45. The number of carbonyl (C=O) groups is 2. The summed E-state index contributed by atoms with van der Waals surface area (Å²) < 4.78 is 14.2. The zero-order valence-corrected chi connectivity index (χ0v) is 16.5. The number of aromatic nitrogens is 1. The summed E-state index contributed by atoms with van der Waals surface area (Å²) in [6.45, 7) is 5.80. The Morgan fingerprint density at radius 3 is 2.89 bits per heavy atom. The van der Waals surface area contributed by atoms with E-state index in [4.69, 9.17) is 0 Å². The first-order valence-electron chi connectivity index (χ1n) is 8.09. The summed E-state index contributed by atoms with van der Waals surface area (Å²) >= 11 is 2.83. The quantitative estimate of drug-likeness (QED) is 0.792. The Bertz CT molecular complexity index is 972. The van der Waals surface area contributed by atoms with Crippen LogP contribution >= 0.6 is 23.1 Å². The largest absolute Gasteiger partial charge is 0.481 e. The van der Waals surface area contributed by atoms with Crippen LogP contribution in [0.4, 0.5) is 4.39 Å². The molecule has 142 valence electrons. The monoisotopic (exact) mass is 407 g/mol. The Balaban J connectivity index is 1.97. The fraction of sp³-hybridized carbons (Fsp3) is 0.333. The van der Waals surface area contributed by atoms with Gasteiger partial charge >= 0.3 is 5.97 Å². The number of benzene rings is 1. The van der Waals surface area contributed by atoms with Crippen molar-refractivity contribution in [3.63, 3.8) is 0 Å². The lowest BCUT2D eigenvalue weighted by molar-refractivity contribution is -0.140. The lowest BCUT2D eigenvalue weighted by Gasteiger charge is -2.38. The summed E-state index contributed by atoms with van der Waals surface area (Å²) in [5, 5.41) is 15.3. The molecule has 0 unspecified atom stereocenters. The van der Waals surface area contributed by atoms with Gasteiger partial charge in [-0.1, -0.05) is 6.58 Å². The second-order valence-electron chi connectivity index (χ2n) is 6.44. The van der Waals surface area contributed by atoms with Crippen molar-refractivity contribution in [3.8, 4) is 0 Å². The summed E-state index contributed by atoms with van der Waals surface area (Å²) in [7, 11) is 0. The van der Waals surface area contributed by atoms with Crippen LogP contribution < -0.4 is 0 Å². The molecule has 0 aliphatic carbocycles. The number of carbonyl (C=O) groups excluding carboxylic acids is 1. The van der Waals surface area contributed by atoms with Crippen molar-refractivity contribution < 1.29 is 19.1 Å². The number of amides is 1. The van der Waals surface area contributed by atoms with Crippen molar-refractivity contribution in [3.05, 3.63) is 41.2 Å². The number of hydrogen-bond acceptors (Lipinski definition) is 6. The molecule has 1 aliphatic rings. The van der Waals surface area contributed by atoms with Gasteiger partial charge in [-0.2, -0.15) is 16.9 Å².